The summed E-state index contributed by atoms with van der Waals surface area (Å²) in [7, 11) is 0. The third-order valence-electron chi connectivity index (χ3n) is 2.61. The Kier molecular flexibility index (Phi) is 3.39. The topological polar surface area (TPSA) is 40.5 Å². The number of rotatable bonds is 2. The Morgan fingerprint density at radius 2 is 1.83 bits per heavy atom. The molecule has 0 saturated carbocycles. The Hall–Kier alpha value is -2.20. The first-order valence-electron chi connectivity index (χ1n) is 5.44. The van der Waals surface area contributed by atoms with Gasteiger partial charge in [0.1, 0.15) is 5.82 Å². The van der Waals surface area contributed by atoms with Gasteiger partial charge in [-0.1, -0.05) is 24.3 Å². The van der Waals surface area contributed by atoms with Crippen LogP contribution in [0, 0.1) is 12.7 Å². The lowest BCUT2D eigenvalue weighted by molar-refractivity contribution is 0.0854. The fraction of sp³-hybridized carbons (Fsp3) is 0.0714. The maximum atomic E-state index is 13.1. The molecule has 4 heteroatoms. The van der Waals surface area contributed by atoms with E-state index in [2.05, 4.69) is 0 Å². The van der Waals surface area contributed by atoms with Crippen molar-refractivity contribution in [2.24, 2.45) is 0 Å². The number of hydrogen-bond donors (Lipinski definition) is 1. The Balaban J connectivity index is 2.34. The molecule has 0 aliphatic heterocycles. The van der Waals surface area contributed by atoms with Crippen LogP contribution < -0.4 is 5.06 Å². The van der Waals surface area contributed by atoms with Crippen molar-refractivity contribution >= 4 is 11.6 Å². The first-order chi connectivity index (χ1) is 8.59. The number of amides is 1. The van der Waals surface area contributed by atoms with E-state index in [1.54, 1.807) is 37.3 Å². The quantitative estimate of drug-likeness (QED) is 0.652. The minimum atomic E-state index is -0.593. The van der Waals surface area contributed by atoms with Crippen LogP contribution in [0.5, 0.6) is 0 Å². The zero-order valence-electron chi connectivity index (χ0n) is 9.80. The molecule has 0 fully saturated rings. The molecular weight excluding hydrogens is 233 g/mol. The largest absolute Gasteiger partial charge is 0.281 e. The van der Waals surface area contributed by atoms with E-state index >= 15 is 0 Å². The molecule has 2 aromatic carbocycles. The summed E-state index contributed by atoms with van der Waals surface area (Å²) >= 11 is 0. The molecule has 3 nitrogen and oxygen atoms in total. The van der Waals surface area contributed by atoms with Gasteiger partial charge in [-0.05, 0) is 30.7 Å². The first kappa shape index (κ1) is 12.3. The molecule has 1 N–H and O–H groups in total. The van der Waals surface area contributed by atoms with Gasteiger partial charge in [-0.25, -0.2) is 4.39 Å². The zero-order chi connectivity index (χ0) is 13.1. The van der Waals surface area contributed by atoms with Crippen LogP contribution in [0.1, 0.15) is 15.9 Å². The van der Waals surface area contributed by atoms with Gasteiger partial charge in [-0.15, -0.1) is 0 Å². The summed E-state index contributed by atoms with van der Waals surface area (Å²) in [5.74, 6) is -1.10. The van der Waals surface area contributed by atoms with Gasteiger partial charge in [0.25, 0.3) is 5.91 Å². The van der Waals surface area contributed by atoms with Crippen LogP contribution in [0.4, 0.5) is 10.1 Å². The highest BCUT2D eigenvalue weighted by atomic mass is 19.1. The van der Waals surface area contributed by atoms with Crippen LogP contribution in [-0.2, 0) is 0 Å². The molecule has 0 atom stereocenters. The van der Waals surface area contributed by atoms with Crippen LogP contribution in [0.25, 0.3) is 0 Å². The van der Waals surface area contributed by atoms with Gasteiger partial charge in [0.15, 0.2) is 0 Å². The molecule has 0 heterocycles. The van der Waals surface area contributed by atoms with Crippen LogP contribution in [0.15, 0.2) is 48.5 Å². The lowest BCUT2D eigenvalue weighted by Gasteiger charge is -2.17. The summed E-state index contributed by atoms with van der Waals surface area (Å²) in [6, 6.07) is 12.2. The van der Waals surface area contributed by atoms with Crippen molar-refractivity contribution in [1.82, 2.24) is 0 Å². The number of hydroxylamine groups is 1. The van der Waals surface area contributed by atoms with Crippen molar-refractivity contribution in [2.45, 2.75) is 6.92 Å². The second-order valence-corrected chi connectivity index (χ2v) is 3.91. The first-order valence-corrected chi connectivity index (χ1v) is 5.44. The van der Waals surface area contributed by atoms with Crippen molar-refractivity contribution in [1.29, 1.82) is 0 Å². The highest BCUT2D eigenvalue weighted by Crippen LogP contribution is 2.21. The molecule has 0 aliphatic carbocycles. The maximum Gasteiger partial charge on any atom is 0.281 e. The molecule has 0 aliphatic rings. The number of aryl methyl sites for hydroxylation is 1. The van der Waals surface area contributed by atoms with Gasteiger partial charge in [-0.2, -0.15) is 5.06 Å². The van der Waals surface area contributed by atoms with E-state index in [1.807, 2.05) is 0 Å². The monoisotopic (exact) mass is 245 g/mol. The van der Waals surface area contributed by atoms with Crippen LogP contribution in [0.3, 0.4) is 0 Å². The van der Waals surface area contributed by atoms with Crippen molar-refractivity contribution in [3.8, 4) is 0 Å². The van der Waals surface area contributed by atoms with Crippen molar-refractivity contribution < 1.29 is 14.4 Å². The van der Waals surface area contributed by atoms with E-state index in [4.69, 9.17) is 0 Å². The molecule has 0 unspecified atom stereocenters. The summed E-state index contributed by atoms with van der Waals surface area (Å²) in [4.78, 5) is 12.0. The van der Waals surface area contributed by atoms with Gasteiger partial charge < -0.3 is 0 Å². The molecule has 0 radical (unpaired) electrons. The van der Waals surface area contributed by atoms with Crippen LogP contribution >= 0.6 is 0 Å². The second kappa shape index (κ2) is 4.98. The fourth-order valence-corrected chi connectivity index (χ4v) is 1.62. The number of carbonyl (C=O) groups excluding carboxylic acids is 1. The Bertz CT molecular complexity index is 569. The molecule has 0 bridgehead atoms. The second-order valence-electron chi connectivity index (χ2n) is 3.91. The standard InChI is InChI=1S/C14H12FNO2/c1-10-7-8-12(15)9-13(10)16(18)14(17)11-5-3-2-4-6-11/h2-9,18H,1H3. The van der Waals surface area contributed by atoms with Crippen LogP contribution in [0.2, 0.25) is 0 Å². The highest BCUT2D eigenvalue weighted by molar-refractivity contribution is 6.04. The SMILES string of the molecule is Cc1ccc(F)cc1N(O)C(=O)c1ccccc1. The third-order valence-corrected chi connectivity index (χ3v) is 2.61. The smallest absolute Gasteiger partial charge is 0.281 e. The van der Waals surface area contributed by atoms with E-state index in [-0.39, 0.29) is 5.69 Å². The van der Waals surface area contributed by atoms with E-state index in [0.29, 0.717) is 16.2 Å². The predicted molar refractivity (Wildman–Crippen MR) is 66.2 cm³/mol. The molecule has 92 valence electrons. The summed E-state index contributed by atoms with van der Waals surface area (Å²) in [6.45, 7) is 1.69. The van der Waals surface area contributed by atoms with E-state index in [0.717, 1.165) is 6.07 Å². The molecule has 1 amide bonds. The molecule has 2 aromatic rings. The summed E-state index contributed by atoms with van der Waals surface area (Å²) < 4.78 is 13.1. The fourth-order valence-electron chi connectivity index (χ4n) is 1.62. The molecule has 0 aromatic heterocycles. The number of hydrogen-bond acceptors (Lipinski definition) is 2. The number of benzene rings is 2. The minimum absolute atomic E-state index is 0.142. The highest BCUT2D eigenvalue weighted by Gasteiger charge is 2.17. The van der Waals surface area contributed by atoms with Gasteiger partial charge in [0.2, 0.25) is 0 Å². The van der Waals surface area contributed by atoms with Crippen molar-refractivity contribution in [3.05, 3.63) is 65.5 Å². The molecule has 2 rings (SSSR count). The Morgan fingerprint density at radius 3 is 2.50 bits per heavy atom. The third kappa shape index (κ3) is 2.38. The Labute approximate surface area is 104 Å². The summed E-state index contributed by atoms with van der Waals surface area (Å²) in [5, 5.41) is 10.3. The maximum absolute atomic E-state index is 13.1. The molecule has 0 saturated heterocycles. The average Bonchev–Trinajstić information content (AvgIpc) is 2.41. The predicted octanol–water partition coefficient (Wildman–Crippen LogP) is 3.17. The van der Waals surface area contributed by atoms with E-state index < -0.39 is 11.7 Å². The average molecular weight is 245 g/mol. The van der Waals surface area contributed by atoms with Gasteiger partial charge >= 0.3 is 0 Å². The Morgan fingerprint density at radius 1 is 1.17 bits per heavy atom. The van der Waals surface area contributed by atoms with Crippen LogP contribution in [-0.4, -0.2) is 11.1 Å². The normalized spacial score (nSPS) is 10.2. The van der Waals surface area contributed by atoms with Crippen molar-refractivity contribution in [3.63, 3.8) is 0 Å². The van der Waals surface area contributed by atoms with E-state index in [1.165, 1.54) is 12.1 Å². The minimum Gasteiger partial charge on any atom is -0.281 e. The summed E-state index contributed by atoms with van der Waals surface area (Å²) in [6.07, 6.45) is 0. The lowest BCUT2D eigenvalue weighted by atomic mass is 10.1. The number of carbonyl (C=O) groups is 1. The van der Waals surface area contributed by atoms with Crippen molar-refractivity contribution in [2.75, 3.05) is 5.06 Å². The lowest BCUT2D eigenvalue weighted by Crippen LogP contribution is -2.27. The number of halogens is 1. The molecule has 0 spiro atoms. The van der Waals surface area contributed by atoms with Gasteiger partial charge in [0, 0.05) is 11.6 Å². The molecule has 18 heavy (non-hydrogen) atoms. The van der Waals surface area contributed by atoms with Gasteiger partial charge in [-0.3, -0.25) is 10.0 Å². The zero-order valence-corrected chi connectivity index (χ0v) is 9.80. The summed E-state index contributed by atoms with van der Waals surface area (Å²) in [5.41, 5.74) is 1.09. The van der Waals surface area contributed by atoms with E-state index in [9.17, 15) is 14.4 Å². The number of anilines is 1. The number of nitrogens with zero attached hydrogens (tertiary/aromatic N) is 1. The van der Waals surface area contributed by atoms with Gasteiger partial charge in [0.05, 0.1) is 5.69 Å². The molecular formula is C14H12FNO2.